The molecule has 6 N–H and O–H groups in total. The first-order valence-corrected chi connectivity index (χ1v) is 24.2. The normalized spacial score (nSPS) is 22.7. The lowest BCUT2D eigenvalue weighted by atomic mass is 9.85. The first kappa shape index (κ1) is 57.5. The van der Waals surface area contributed by atoms with Crippen molar-refractivity contribution in [3.63, 3.8) is 0 Å². The van der Waals surface area contributed by atoms with E-state index in [1.165, 1.54) is 0 Å². The maximum atomic E-state index is 12.8. The third-order valence-corrected chi connectivity index (χ3v) is 10.6. The van der Waals surface area contributed by atoms with Gasteiger partial charge in [-0.15, -0.1) is 0 Å². The van der Waals surface area contributed by atoms with Crippen LogP contribution in [0.2, 0.25) is 0 Å². The van der Waals surface area contributed by atoms with Crippen LogP contribution in [0, 0.1) is 0 Å². The lowest BCUT2D eigenvalue weighted by Gasteiger charge is -2.41. The first-order valence-electron chi connectivity index (χ1n) is 22.7. The molecule has 1 rings (SSSR count). The molecule has 1 fully saturated rings. The molecule has 0 bridgehead atoms. The van der Waals surface area contributed by atoms with E-state index in [-0.39, 0.29) is 12.8 Å². The Labute approximate surface area is 376 Å². The lowest BCUT2D eigenvalue weighted by Crippen LogP contribution is -2.64. The molecule has 356 valence electrons. The van der Waals surface area contributed by atoms with Gasteiger partial charge in [0.05, 0.1) is 6.61 Å². The molecule has 13 nitrogen and oxygen atoms in total. The molecular weight excluding hydrogens is 827 g/mol. The molecule has 1 aliphatic rings. The number of carbonyl (C=O) groups excluding carboxylic acids is 2. The number of unbranched alkanes of at least 4 members (excludes halogenated alkanes) is 5. The van der Waals surface area contributed by atoms with Crippen molar-refractivity contribution in [1.29, 1.82) is 0 Å². The van der Waals surface area contributed by atoms with E-state index in [0.29, 0.717) is 19.3 Å². The molecule has 0 aromatic rings. The number of ether oxygens (including phenoxy) is 2. The van der Waals surface area contributed by atoms with Crippen LogP contribution in [0.4, 0.5) is 0 Å². The van der Waals surface area contributed by atoms with Gasteiger partial charge in [-0.1, -0.05) is 136 Å². The summed E-state index contributed by atoms with van der Waals surface area (Å²) in [5.41, 5.74) is 0. The number of allylic oxidation sites excluding steroid dienone is 18. The number of esters is 2. The fraction of sp³-hybridized carbons (Fsp3) is 0.592. The Kier molecular flexibility index (Phi) is 34.6. The molecule has 0 aliphatic heterocycles. The van der Waals surface area contributed by atoms with Crippen LogP contribution in [0.5, 0.6) is 0 Å². The SMILES string of the molecule is CC/C=C/C/C=C/C/C=C/C/C=C/C/C=C/CCCC(=O)OC[C@@H](COP(=O)(O)OC1C(O)C(O)C(O)[C@H](O)C1O)OC(=O)CCCCC/C=C/C/C=C/C/C=C/C/C=C/CCC. The summed E-state index contributed by atoms with van der Waals surface area (Å²) in [5.74, 6) is -1.22. The van der Waals surface area contributed by atoms with Crippen molar-refractivity contribution >= 4 is 19.8 Å². The summed E-state index contributed by atoms with van der Waals surface area (Å²) in [6.07, 6.45) is 38.6. The summed E-state index contributed by atoms with van der Waals surface area (Å²) in [6.45, 7) is 3.02. The fourth-order valence-electron chi connectivity index (χ4n) is 5.96. The van der Waals surface area contributed by atoms with Gasteiger partial charge in [0.1, 0.15) is 43.2 Å². The molecule has 0 aromatic heterocycles. The molecule has 0 heterocycles. The second kappa shape index (κ2) is 37.8. The van der Waals surface area contributed by atoms with Crippen molar-refractivity contribution in [3.8, 4) is 0 Å². The Hall–Kier alpha value is -3.49. The zero-order chi connectivity index (χ0) is 46.4. The summed E-state index contributed by atoms with van der Waals surface area (Å²) in [5, 5.41) is 50.1. The second-order valence-electron chi connectivity index (χ2n) is 15.2. The number of hydrogen-bond acceptors (Lipinski definition) is 12. The van der Waals surface area contributed by atoms with Gasteiger partial charge in [0, 0.05) is 12.8 Å². The highest BCUT2D eigenvalue weighted by Crippen LogP contribution is 2.47. The van der Waals surface area contributed by atoms with Gasteiger partial charge in [0.15, 0.2) is 6.10 Å². The third-order valence-electron chi connectivity index (χ3n) is 9.58. The van der Waals surface area contributed by atoms with Crippen LogP contribution in [-0.4, -0.2) is 98.3 Å². The van der Waals surface area contributed by atoms with Crippen molar-refractivity contribution in [2.45, 2.75) is 172 Å². The quantitative estimate of drug-likeness (QED) is 0.0152. The van der Waals surface area contributed by atoms with Crippen molar-refractivity contribution in [3.05, 3.63) is 109 Å². The van der Waals surface area contributed by atoms with Gasteiger partial charge in [-0.25, -0.2) is 4.57 Å². The number of aliphatic hydroxyl groups excluding tert-OH is 5. The Balaban J connectivity index is 2.55. The Morgan fingerprint density at radius 2 is 0.921 bits per heavy atom. The lowest BCUT2D eigenvalue weighted by molar-refractivity contribution is -0.220. The number of phosphoric acid groups is 1. The highest BCUT2D eigenvalue weighted by molar-refractivity contribution is 7.47. The number of rotatable bonds is 35. The highest BCUT2D eigenvalue weighted by atomic mass is 31.2. The molecule has 6 unspecified atom stereocenters. The predicted molar refractivity (Wildman–Crippen MR) is 248 cm³/mol. The zero-order valence-corrected chi connectivity index (χ0v) is 38.5. The molecular formula is C49H77O13P. The topological polar surface area (TPSA) is 210 Å². The van der Waals surface area contributed by atoms with Gasteiger partial charge in [-0.3, -0.25) is 18.6 Å². The number of aliphatic hydroxyl groups is 5. The minimum absolute atomic E-state index is 0.0396. The first-order chi connectivity index (χ1) is 30.4. The van der Waals surface area contributed by atoms with E-state index in [1.807, 2.05) is 12.2 Å². The van der Waals surface area contributed by atoms with E-state index in [0.717, 1.165) is 83.5 Å². The van der Waals surface area contributed by atoms with E-state index in [9.17, 15) is 44.6 Å². The van der Waals surface area contributed by atoms with Crippen molar-refractivity contribution in [2.24, 2.45) is 0 Å². The molecule has 0 saturated heterocycles. The average molecular weight is 905 g/mol. The number of hydrogen-bond donors (Lipinski definition) is 6. The average Bonchev–Trinajstić information content (AvgIpc) is 3.26. The van der Waals surface area contributed by atoms with Gasteiger partial charge in [0.2, 0.25) is 0 Å². The van der Waals surface area contributed by atoms with Crippen molar-refractivity contribution < 1.29 is 63.1 Å². The Bertz CT molecular complexity index is 1510. The Morgan fingerprint density at radius 3 is 1.40 bits per heavy atom. The molecule has 0 radical (unpaired) electrons. The largest absolute Gasteiger partial charge is 0.472 e. The van der Waals surface area contributed by atoms with Gasteiger partial charge in [-0.2, -0.15) is 0 Å². The second-order valence-corrected chi connectivity index (χ2v) is 16.6. The fourth-order valence-corrected chi connectivity index (χ4v) is 6.93. The van der Waals surface area contributed by atoms with Crippen LogP contribution in [0.15, 0.2) is 109 Å². The van der Waals surface area contributed by atoms with Gasteiger partial charge in [0.25, 0.3) is 0 Å². The Morgan fingerprint density at radius 1 is 0.508 bits per heavy atom. The standard InChI is InChI=1S/C49H77O13P/c1-3-5-7-9-11-13-15-17-19-21-23-25-27-29-31-33-35-37-42(50)59-39-41(40-60-63(57,58)62-49-47(55)45(53)44(52)46(54)48(49)56)61-43(51)38-36-34-32-30-28-26-24-22-20-18-16-14-12-10-8-6-4-2/h5,7-8,10-11,13-14,16-17,19-20,22-23,25-26,28-29,31,41,44-49,52-56H,3-4,6,9,12,15,18,21,24,27,30,32-40H2,1-2H3,(H,57,58)/b7-5+,10-8+,13-11+,16-14+,19-17+,22-20+,25-23+,28-26+,31-29+/t41-,44?,45-,46?,47?,48?,49?/m0/s1. The summed E-state index contributed by atoms with van der Waals surface area (Å²) in [4.78, 5) is 35.7. The maximum Gasteiger partial charge on any atom is 0.472 e. The molecule has 8 atom stereocenters. The minimum atomic E-state index is -5.15. The molecule has 0 spiro atoms. The van der Waals surface area contributed by atoms with Crippen LogP contribution in [0.3, 0.4) is 0 Å². The molecule has 1 aliphatic carbocycles. The van der Waals surface area contributed by atoms with Crippen LogP contribution < -0.4 is 0 Å². The maximum absolute atomic E-state index is 12.8. The van der Waals surface area contributed by atoms with Crippen molar-refractivity contribution in [2.75, 3.05) is 13.2 Å². The van der Waals surface area contributed by atoms with E-state index >= 15 is 0 Å². The number of carbonyl (C=O) groups is 2. The van der Waals surface area contributed by atoms with Crippen molar-refractivity contribution in [1.82, 2.24) is 0 Å². The number of phosphoric ester groups is 1. The van der Waals surface area contributed by atoms with E-state index in [1.54, 1.807) is 0 Å². The van der Waals surface area contributed by atoms with Crippen LogP contribution in [-0.2, 0) is 32.7 Å². The smallest absolute Gasteiger partial charge is 0.462 e. The summed E-state index contributed by atoms with van der Waals surface area (Å²) >= 11 is 0. The van der Waals surface area contributed by atoms with Gasteiger partial charge < -0.3 is 39.9 Å². The van der Waals surface area contributed by atoms with Gasteiger partial charge in [-0.05, 0) is 89.9 Å². The molecule has 0 amide bonds. The summed E-state index contributed by atoms with van der Waals surface area (Å²) in [6, 6.07) is 0. The summed E-state index contributed by atoms with van der Waals surface area (Å²) < 4.78 is 33.4. The summed E-state index contributed by atoms with van der Waals surface area (Å²) in [7, 11) is -5.15. The van der Waals surface area contributed by atoms with E-state index in [4.69, 9.17) is 18.5 Å². The van der Waals surface area contributed by atoms with Crippen LogP contribution in [0.1, 0.15) is 129 Å². The van der Waals surface area contributed by atoms with E-state index in [2.05, 4.69) is 111 Å². The van der Waals surface area contributed by atoms with Crippen LogP contribution >= 0.6 is 7.82 Å². The predicted octanol–water partition coefficient (Wildman–Crippen LogP) is 8.83. The molecule has 1 saturated carbocycles. The minimum Gasteiger partial charge on any atom is -0.462 e. The third kappa shape index (κ3) is 30.3. The molecule has 63 heavy (non-hydrogen) atoms. The molecule has 14 heteroatoms. The highest BCUT2D eigenvalue weighted by Gasteiger charge is 2.51. The monoisotopic (exact) mass is 905 g/mol. The van der Waals surface area contributed by atoms with Gasteiger partial charge >= 0.3 is 19.8 Å². The van der Waals surface area contributed by atoms with E-state index < -0.39 is 75.7 Å². The zero-order valence-electron chi connectivity index (χ0n) is 37.6. The van der Waals surface area contributed by atoms with Crippen LogP contribution in [0.25, 0.3) is 0 Å². The molecule has 0 aromatic carbocycles.